The van der Waals surface area contributed by atoms with Gasteiger partial charge in [0.15, 0.2) is 11.6 Å². The third-order valence-corrected chi connectivity index (χ3v) is 8.08. The van der Waals surface area contributed by atoms with Crippen LogP contribution in [0.15, 0.2) is 53.7 Å². The van der Waals surface area contributed by atoms with Crippen molar-refractivity contribution in [3.05, 3.63) is 76.9 Å². The Kier molecular flexibility index (Phi) is 6.23. The molecule has 1 N–H and O–H groups in total. The number of ketones is 1. The predicted molar refractivity (Wildman–Crippen MR) is 133 cm³/mol. The van der Waals surface area contributed by atoms with Crippen LogP contribution in [-0.2, 0) is 5.41 Å². The zero-order chi connectivity index (χ0) is 23.9. The maximum atomic E-state index is 13.8. The zero-order valence-corrected chi connectivity index (χ0v) is 20.7. The second kappa shape index (κ2) is 9.17. The van der Waals surface area contributed by atoms with Crippen LogP contribution in [0.4, 0.5) is 4.39 Å². The third-order valence-electron chi connectivity index (χ3n) is 6.87. The fourth-order valence-electron chi connectivity index (χ4n) is 4.98. The van der Waals surface area contributed by atoms with E-state index < -0.39 is 5.25 Å². The van der Waals surface area contributed by atoms with Gasteiger partial charge in [-0.25, -0.2) is 9.07 Å². The molecular formula is C27H31FN4OS. The average molecular weight is 479 g/mol. The van der Waals surface area contributed by atoms with Gasteiger partial charge in [0.2, 0.25) is 5.16 Å². The first-order valence-electron chi connectivity index (χ1n) is 12.1. The molecule has 1 aromatic heterocycles. The van der Waals surface area contributed by atoms with Gasteiger partial charge in [0.05, 0.1) is 6.04 Å². The van der Waals surface area contributed by atoms with E-state index in [9.17, 15) is 9.18 Å². The molecule has 7 heteroatoms. The Labute approximate surface area is 204 Å². The minimum absolute atomic E-state index is 0.0357. The summed E-state index contributed by atoms with van der Waals surface area (Å²) in [4.78, 5) is 13.8. The number of carbonyl (C=O) groups is 1. The van der Waals surface area contributed by atoms with Crippen LogP contribution in [0.3, 0.4) is 0 Å². The van der Waals surface area contributed by atoms with Crippen molar-refractivity contribution in [3.63, 3.8) is 0 Å². The van der Waals surface area contributed by atoms with E-state index in [1.165, 1.54) is 61.6 Å². The first-order chi connectivity index (χ1) is 16.3. The molecule has 0 radical (unpaired) electrons. The highest BCUT2D eigenvalue weighted by Crippen LogP contribution is 2.40. The molecule has 5 nitrogen and oxygen atoms in total. The summed E-state index contributed by atoms with van der Waals surface area (Å²) < 4.78 is 15.5. The fraction of sp³-hybridized carbons (Fsp3) is 0.444. The lowest BCUT2D eigenvalue weighted by molar-refractivity contribution is 0.0980. The van der Waals surface area contributed by atoms with Crippen LogP contribution >= 0.6 is 11.8 Å². The van der Waals surface area contributed by atoms with E-state index in [0.29, 0.717) is 16.6 Å². The molecule has 2 aliphatic rings. The molecular weight excluding hydrogens is 447 g/mol. The number of aromatic nitrogens is 3. The quantitative estimate of drug-likeness (QED) is 0.440. The molecule has 2 atom stereocenters. The van der Waals surface area contributed by atoms with Crippen LogP contribution in [0.2, 0.25) is 0 Å². The van der Waals surface area contributed by atoms with Crippen molar-refractivity contribution in [3.8, 4) is 0 Å². The molecule has 178 valence electrons. The molecule has 0 spiro atoms. The van der Waals surface area contributed by atoms with E-state index in [0.717, 1.165) is 11.4 Å². The minimum Gasteiger partial charge on any atom is -0.313 e. The van der Waals surface area contributed by atoms with Gasteiger partial charge in [-0.05, 0) is 42.0 Å². The van der Waals surface area contributed by atoms with Crippen LogP contribution in [0.1, 0.15) is 92.1 Å². The Morgan fingerprint density at radius 2 is 1.62 bits per heavy atom. The lowest BCUT2D eigenvalue weighted by Gasteiger charge is -2.34. The van der Waals surface area contributed by atoms with Crippen molar-refractivity contribution in [1.82, 2.24) is 14.9 Å². The highest BCUT2D eigenvalue weighted by Gasteiger charge is 2.39. The highest BCUT2D eigenvalue weighted by atomic mass is 32.2. The van der Waals surface area contributed by atoms with Gasteiger partial charge in [-0.1, -0.05) is 88.2 Å². The third kappa shape index (κ3) is 4.50. The summed E-state index contributed by atoms with van der Waals surface area (Å²) in [6.07, 6.45) is 6.35. The van der Waals surface area contributed by atoms with Crippen molar-refractivity contribution in [1.29, 1.82) is 0 Å². The van der Waals surface area contributed by atoms with E-state index in [1.807, 2.05) is 16.8 Å². The molecule has 1 aliphatic heterocycles. The second-order valence-corrected chi connectivity index (χ2v) is 11.5. The lowest BCUT2D eigenvalue weighted by Crippen LogP contribution is -2.40. The van der Waals surface area contributed by atoms with Gasteiger partial charge in [-0.3, -0.25) is 4.79 Å². The molecule has 2 heterocycles. The molecule has 1 fully saturated rings. The standard InChI is InChI=1S/C27H31FN4OS/c1-27(2,3)25-29-30-26-32(25)31-22(19-13-15-21(28)16-14-19)24(34-26)23(33)20-11-9-18(10-12-20)17-7-5-4-6-8-17/h9-17,22,24,31H,4-8H2,1-3H3. The summed E-state index contributed by atoms with van der Waals surface area (Å²) >= 11 is 1.42. The van der Waals surface area contributed by atoms with Crippen molar-refractivity contribution >= 4 is 17.5 Å². The van der Waals surface area contributed by atoms with Crippen LogP contribution in [0.25, 0.3) is 0 Å². The highest BCUT2D eigenvalue weighted by molar-refractivity contribution is 8.00. The number of nitrogens with one attached hydrogen (secondary N) is 1. The van der Waals surface area contributed by atoms with Gasteiger partial charge in [-0.2, -0.15) is 0 Å². The molecule has 5 rings (SSSR count). The Balaban J connectivity index is 1.47. The van der Waals surface area contributed by atoms with E-state index in [-0.39, 0.29) is 23.1 Å². The molecule has 2 unspecified atom stereocenters. The predicted octanol–water partition coefficient (Wildman–Crippen LogP) is 6.40. The van der Waals surface area contributed by atoms with Gasteiger partial charge < -0.3 is 5.43 Å². The molecule has 0 amide bonds. The van der Waals surface area contributed by atoms with Gasteiger partial charge in [-0.15, -0.1) is 10.2 Å². The lowest BCUT2D eigenvalue weighted by atomic mass is 9.83. The number of rotatable bonds is 4. The number of hydrogen-bond donors (Lipinski definition) is 1. The van der Waals surface area contributed by atoms with Crippen molar-refractivity contribution in [2.45, 2.75) is 80.7 Å². The smallest absolute Gasteiger partial charge is 0.210 e. The van der Waals surface area contributed by atoms with Crippen LogP contribution in [-0.4, -0.2) is 25.9 Å². The first-order valence-corrected chi connectivity index (χ1v) is 13.0. The number of hydrogen-bond acceptors (Lipinski definition) is 5. The second-order valence-electron chi connectivity index (χ2n) is 10.4. The Morgan fingerprint density at radius 1 is 0.971 bits per heavy atom. The summed E-state index contributed by atoms with van der Waals surface area (Å²) in [5.41, 5.74) is 6.13. The van der Waals surface area contributed by atoms with Gasteiger partial charge in [0.25, 0.3) is 0 Å². The number of Topliss-reactive ketones (excluding diaryl/α,β-unsaturated/α-hetero) is 1. The molecule has 3 aromatic rings. The van der Waals surface area contributed by atoms with Gasteiger partial charge >= 0.3 is 0 Å². The monoisotopic (exact) mass is 478 g/mol. The summed E-state index contributed by atoms with van der Waals surface area (Å²) in [5.74, 6) is 1.14. The Hall–Kier alpha value is -2.67. The number of carbonyl (C=O) groups excluding carboxylic acids is 1. The molecule has 2 aromatic carbocycles. The summed E-state index contributed by atoms with van der Waals surface area (Å²) in [5, 5.41) is 8.99. The van der Waals surface area contributed by atoms with Gasteiger partial charge in [0.1, 0.15) is 11.1 Å². The number of thioether (sulfide) groups is 1. The van der Waals surface area contributed by atoms with Crippen molar-refractivity contribution in [2.24, 2.45) is 0 Å². The normalized spacial score (nSPS) is 21.1. The van der Waals surface area contributed by atoms with Gasteiger partial charge in [0, 0.05) is 11.0 Å². The molecule has 0 saturated heterocycles. The molecule has 0 bridgehead atoms. The molecule has 34 heavy (non-hydrogen) atoms. The van der Waals surface area contributed by atoms with Crippen LogP contribution in [0.5, 0.6) is 0 Å². The maximum Gasteiger partial charge on any atom is 0.210 e. The average Bonchev–Trinajstić information content (AvgIpc) is 3.28. The first kappa shape index (κ1) is 23.1. The maximum absolute atomic E-state index is 13.8. The number of nitrogens with zero attached hydrogens (tertiary/aromatic N) is 3. The van der Waals surface area contributed by atoms with E-state index in [1.54, 1.807) is 12.1 Å². The summed E-state index contributed by atoms with van der Waals surface area (Å²) in [6.45, 7) is 6.23. The number of benzene rings is 2. The molecule has 1 saturated carbocycles. The van der Waals surface area contributed by atoms with E-state index in [4.69, 9.17) is 0 Å². The largest absolute Gasteiger partial charge is 0.313 e. The SMILES string of the molecule is CC(C)(C)c1nnc2n1NC(c1ccc(F)cc1)C(C(=O)c1ccc(C3CCCCC3)cc1)S2. The topological polar surface area (TPSA) is 59.8 Å². The van der Waals surface area contributed by atoms with Crippen LogP contribution in [0, 0.1) is 5.82 Å². The summed E-state index contributed by atoms with van der Waals surface area (Å²) in [7, 11) is 0. The minimum atomic E-state index is -0.449. The fourth-order valence-corrected chi connectivity index (χ4v) is 6.14. The number of fused-ring (bicyclic) bond motifs is 1. The Morgan fingerprint density at radius 3 is 2.26 bits per heavy atom. The summed E-state index contributed by atoms with van der Waals surface area (Å²) in [6, 6.07) is 14.2. The van der Waals surface area contributed by atoms with Crippen molar-refractivity contribution < 1.29 is 9.18 Å². The Bertz CT molecular complexity index is 1160. The van der Waals surface area contributed by atoms with Crippen molar-refractivity contribution in [2.75, 3.05) is 5.43 Å². The van der Waals surface area contributed by atoms with E-state index >= 15 is 0 Å². The number of halogens is 1. The van der Waals surface area contributed by atoms with E-state index in [2.05, 4.69) is 48.5 Å². The van der Waals surface area contributed by atoms with Crippen LogP contribution < -0.4 is 5.43 Å². The zero-order valence-electron chi connectivity index (χ0n) is 19.9. The molecule has 1 aliphatic carbocycles.